The smallest absolute Gasteiger partial charge is 0.286 e. The molecule has 4 aromatic rings. The first-order valence-corrected chi connectivity index (χ1v) is 11.4. The van der Waals surface area contributed by atoms with Crippen LogP contribution in [0.25, 0.3) is 11.1 Å². The number of oxazole rings is 1. The summed E-state index contributed by atoms with van der Waals surface area (Å²) in [5.41, 5.74) is 2.41. The average molecular weight is 450 g/mol. The molecule has 0 bridgehead atoms. The van der Waals surface area contributed by atoms with E-state index in [-0.39, 0.29) is 11.8 Å². The summed E-state index contributed by atoms with van der Waals surface area (Å²) in [6.07, 6.45) is 2.11. The highest BCUT2D eigenvalue weighted by atomic mass is 32.1. The number of piperidine rings is 1. The molecule has 0 spiro atoms. The van der Waals surface area contributed by atoms with Gasteiger partial charge in [-0.15, -0.1) is 10.2 Å². The van der Waals surface area contributed by atoms with Gasteiger partial charge >= 0.3 is 0 Å². The number of para-hydroxylation sites is 2. The molecule has 1 atom stereocenters. The minimum Gasteiger partial charge on any atom is -0.497 e. The summed E-state index contributed by atoms with van der Waals surface area (Å²) in [7, 11) is 1.61. The number of methoxy groups -OCH3 is 1. The lowest BCUT2D eigenvalue weighted by molar-refractivity contribution is 0.102. The van der Waals surface area contributed by atoms with Crippen LogP contribution in [0, 0.1) is 0 Å². The summed E-state index contributed by atoms with van der Waals surface area (Å²) in [4.78, 5) is 19.5. The Kier molecular flexibility index (Phi) is 5.83. The molecule has 9 heteroatoms. The van der Waals surface area contributed by atoms with Crippen LogP contribution in [0.3, 0.4) is 0 Å². The van der Waals surface area contributed by atoms with Crippen molar-refractivity contribution in [2.75, 3.05) is 25.5 Å². The Labute approximate surface area is 189 Å². The normalized spacial score (nSPS) is 16.8. The molecule has 32 heavy (non-hydrogen) atoms. The molecule has 0 saturated carbocycles. The van der Waals surface area contributed by atoms with Gasteiger partial charge < -0.3 is 14.5 Å². The highest BCUT2D eigenvalue weighted by Gasteiger charge is 2.26. The standard InChI is InChI=1S/C23H23N5O3S/c1-30-17-10-8-16(9-11-17)24-21(29)23-27-26-20(32-23)14-28-12-4-5-15(13-28)22-25-18-6-2-3-7-19(18)31-22/h2-3,6-11,15H,4-5,12-14H2,1H3,(H,24,29). The SMILES string of the molecule is COc1ccc(NC(=O)c2nnc(CN3CCCC(c4nc5ccccc5o4)C3)s2)cc1. The van der Waals surface area contributed by atoms with Crippen molar-refractivity contribution in [3.05, 3.63) is 64.4 Å². The number of nitrogens with one attached hydrogen (secondary N) is 1. The number of carbonyl (C=O) groups excluding carboxylic acids is 1. The van der Waals surface area contributed by atoms with E-state index in [1.54, 1.807) is 31.4 Å². The Morgan fingerprint density at radius 3 is 2.88 bits per heavy atom. The molecule has 1 aliphatic rings. The van der Waals surface area contributed by atoms with Gasteiger partial charge in [0.2, 0.25) is 5.01 Å². The minimum atomic E-state index is -0.262. The number of amides is 1. The van der Waals surface area contributed by atoms with E-state index >= 15 is 0 Å². The molecule has 8 nitrogen and oxygen atoms in total. The third kappa shape index (κ3) is 4.49. The van der Waals surface area contributed by atoms with Gasteiger partial charge in [0, 0.05) is 18.2 Å². The summed E-state index contributed by atoms with van der Waals surface area (Å²) in [6.45, 7) is 2.48. The second kappa shape index (κ2) is 9.05. The van der Waals surface area contributed by atoms with Gasteiger partial charge in [0.25, 0.3) is 5.91 Å². The Hall–Kier alpha value is -3.30. The summed E-state index contributed by atoms with van der Waals surface area (Å²) in [5, 5.41) is 12.4. The van der Waals surface area contributed by atoms with E-state index in [4.69, 9.17) is 9.15 Å². The van der Waals surface area contributed by atoms with Gasteiger partial charge in [-0.1, -0.05) is 23.5 Å². The fourth-order valence-corrected chi connectivity index (χ4v) is 4.70. The van der Waals surface area contributed by atoms with Gasteiger partial charge in [-0.3, -0.25) is 9.69 Å². The zero-order chi connectivity index (χ0) is 21.9. The van der Waals surface area contributed by atoms with E-state index in [9.17, 15) is 4.79 Å². The lowest BCUT2D eigenvalue weighted by atomic mass is 9.98. The van der Waals surface area contributed by atoms with Crippen molar-refractivity contribution in [3.63, 3.8) is 0 Å². The first-order chi connectivity index (χ1) is 15.7. The first kappa shape index (κ1) is 20.6. The lowest BCUT2D eigenvalue weighted by Gasteiger charge is -2.30. The monoisotopic (exact) mass is 449 g/mol. The minimum absolute atomic E-state index is 0.252. The zero-order valence-electron chi connectivity index (χ0n) is 17.7. The van der Waals surface area contributed by atoms with E-state index in [0.29, 0.717) is 17.2 Å². The van der Waals surface area contributed by atoms with E-state index in [0.717, 1.165) is 53.7 Å². The van der Waals surface area contributed by atoms with E-state index < -0.39 is 0 Å². The van der Waals surface area contributed by atoms with Crippen LogP contribution in [0.4, 0.5) is 5.69 Å². The van der Waals surface area contributed by atoms with Gasteiger partial charge in [-0.05, 0) is 55.8 Å². The molecule has 1 unspecified atom stereocenters. The Bertz CT molecular complexity index is 1190. The van der Waals surface area contributed by atoms with Crippen molar-refractivity contribution in [2.24, 2.45) is 0 Å². The number of benzene rings is 2. The van der Waals surface area contributed by atoms with Gasteiger partial charge in [-0.25, -0.2) is 4.98 Å². The van der Waals surface area contributed by atoms with Crippen molar-refractivity contribution in [2.45, 2.75) is 25.3 Å². The molecule has 1 aliphatic heterocycles. The Balaban J connectivity index is 1.21. The van der Waals surface area contributed by atoms with Crippen LogP contribution >= 0.6 is 11.3 Å². The Morgan fingerprint density at radius 1 is 1.22 bits per heavy atom. The van der Waals surface area contributed by atoms with Gasteiger partial charge in [-0.2, -0.15) is 0 Å². The summed E-state index contributed by atoms with van der Waals surface area (Å²) >= 11 is 1.32. The highest BCUT2D eigenvalue weighted by molar-refractivity contribution is 7.13. The number of ether oxygens (including phenoxy) is 1. The maximum Gasteiger partial charge on any atom is 0.286 e. The predicted molar refractivity (Wildman–Crippen MR) is 122 cm³/mol. The van der Waals surface area contributed by atoms with Crippen LogP contribution in [0.2, 0.25) is 0 Å². The number of aromatic nitrogens is 3. The molecule has 2 aromatic heterocycles. The fourth-order valence-electron chi connectivity index (χ4n) is 3.92. The second-order valence-corrected chi connectivity index (χ2v) is 8.84. The summed E-state index contributed by atoms with van der Waals surface area (Å²) in [6, 6.07) is 15.0. The molecule has 1 fully saturated rings. The first-order valence-electron chi connectivity index (χ1n) is 10.5. The molecular weight excluding hydrogens is 426 g/mol. The number of anilines is 1. The van der Waals surface area contributed by atoms with E-state index in [2.05, 4.69) is 25.4 Å². The molecule has 2 aromatic carbocycles. The molecule has 1 N–H and O–H groups in total. The topological polar surface area (TPSA) is 93.4 Å². The van der Waals surface area contributed by atoms with E-state index in [1.165, 1.54) is 11.3 Å². The van der Waals surface area contributed by atoms with Crippen LogP contribution in [0.5, 0.6) is 5.75 Å². The molecule has 3 heterocycles. The third-order valence-electron chi connectivity index (χ3n) is 5.53. The van der Waals surface area contributed by atoms with Crippen molar-refractivity contribution in [3.8, 4) is 5.75 Å². The van der Waals surface area contributed by atoms with Crippen molar-refractivity contribution in [1.29, 1.82) is 0 Å². The van der Waals surface area contributed by atoms with Gasteiger partial charge in [0.1, 0.15) is 16.3 Å². The van der Waals surface area contributed by atoms with Crippen molar-refractivity contribution < 1.29 is 13.9 Å². The summed E-state index contributed by atoms with van der Waals surface area (Å²) in [5.74, 6) is 1.52. The van der Waals surface area contributed by atoms with Crippen molar-refractivity contribution in [1.82, 2.24) is 20.1 Å². The van der Waals surface area contributed by atoms with Crippen LogP contribution < -0.4 is 10.1 Å². The summed E-state index contributed by atoms with van der Waals surface area (Å²) < 4.78 is 11.1. The Morgan fingerprint density at radius 2 is 2.06 bits per heavy atom. The molecule has 0 radical (unpaired) electrons. The molecule has 5 rings (SSSR count). The van der Waals surface area contributed by atoms with Gasteiger partial charge in [0.15, 0.2) is 11.5 Å². The maximum atomic E-state index is 12.5. The second-order valence-electron chi connectivity index (χ2n) is 7.78. The zero-order valence-corrected chi connectivity index (χ0v) is 18.5. The number of fused-ring (bicyclic) bond motifs is 1. The average Bonchev–Trinajstić information content (AvgIpc) is 3.47. The number of likely N-dealkylation sites (tertiary alicyclic amines) is 1. The number of hydrogen-bond acceptors (Lipinski definition) is 8. The number of nitrogens with zero attached hydrogens (tertiary/aromatic N) is 4. The maximum absolute atomic E-state index is 12.5. The predicted octanol–water partition coefficient (Wildman–Crippen LogP) is 4.32. The largest absolute Gasteiger partial charge is 0.497 e. The van der Waals surface area contributed by atoms with Crippen LogP contribution in [-0.2, 0) is 6.54 Å². The lowest BCUT2D eigenvalue weighted by Crippen LogP contribution is -2.34. The van der Waals surface area contributed by atoms with Crippen LogP contribution in [0.15, 0.2) is 52.9 Å². The van der Waals surface area contributed by atoms with E-state index in [1.807, 2.05) is 24.3 Å². The van der Waals surface area contributed by atoms with Crippen LogP contribution in [0.1, 0.15) is 39.5 Å². The number of hydrogen-bond donors (Lipinski definition) is 1. The van der Waals surface area contributed by atoms with Gasteiger partial charge in [0.05, 0.1) is 13.7 Å². The fraction of sp³-hybridized carbons (Fsp3) is 0.304. The van der Waals surface area contributed by atoms with Crippen LogP contribution in [-0.4, -0.2) is 46.2 Å². The molecule has 1 saturated heterocycles. The van der Waals surface area contributed by atoms with Crippen molar-refractivity contribution >= 4 is 34.0 Å². The molecule has 1 amide bonds. The number of rotatable bonds is 6. The molecule has 164 valence electrons. The molecule has 0 aliphatic carbocycles. The third-order valence-corrected chi connectivity index (χ3v) is 6.44. The quantitative estimate of drug-likeness (QED) is 0.468. The highest BCUT2D eigenvalue weighted by Crippen LogP contribution is 2.30. The molecular formula is C23H23N5O3S. The number of carbonyl (C=O) groups is 1.